The van der Waals surface area contributed by atoms with Crippen LogP contribution in [-0.4, -0.2) is 4.98 Å². The number of para-hydroxylation sites is 1. The fraction of sp³-hybridized carbons (Fsp3) is 0.300. The SMILES string of the molecule is CCC(C)C(Cc1c[nH]c2ccccc12)c1ccccc1. The lowest BCUT2D eigenvalue weighted by molar-refractivity contribution is 0.443. The molecule has 0 aliphatic rings. The second kappa shape index (κ2) is 6.17. The van der Waals surface area contributed by atoms with Gasteiger partial charge in [-0.1, -0.05) is 68.8 Å². The summed E-state index contributed by atoms with van der Waals surface area (Å²) in [4.78, 5) is 3.40. The number of aromatic amines is 1. The summed E-state index contributed by atoms with van der Waals surface area (Å²) in [5.74, 6) is 1.26. The maximum atomic E-state index is 3.40. The number of hydrogen-bond acceptors (Lipinski definition) is 0. The third-order valence-electron chi connectivity index (χ3n) is 4.67. The van der Waals surface area contributed by atoms with E-state index < -0.39 is 0 Å². The Morgan fingerprint density at radius 2 is 1.67 bits per heavy atom. The lowest BCUT2D eigenvalue weighted by Crippen LogP contribution is -2.12. The van der Waals surface area contributed by atoms with Crippen molar-refractivity contribution in [3.63, 3.8) is 0 Å². The summed E-state index contributed by atoms with van der Waals surface area (Å²) < 4.78 is 0. The monoisotopic (exact) mass is 277 g/mol. The zero-order chi connectivity index (χ0) is 14.7. The van der Waals surface area contributed by atoms with Crippen molar-refractivity contribution < 1.29 is 0 Å². The van der Waals surface area contributed by atoms with Gasteiger partial charge in [-0.05, 0) is 35.4 Å². The van der Waals surface area contributed by atoms with E-state index in [1.165, 1.54) is 28.5 Å². The van der Waals surface area contributed by atoms with Crippen LogP contribution in [0.5, 0.6) is 0 Å². The number of H-pyrrole nitrogens is 1. The molecule has 0 saturated carbocycles. The standard InChI is InChI=1S/C20H23N/c1-3-15(2)19(16-9-5-4-6-10-16)13-17-14-21-20-12-8-7-11-18(17)20/h4-12,14-15,19,21H,3,13H2,1-2H3. The molecule has 0 fully saturated rings. The first-order valence-electron chi connectivity index (χ1n) is 7.89. The van der Waals surface area contributed by atoms with E-state index in [0.717, 1.165) is 6.42 Å². The summed E-state index contributed by atoms with van der Waals surface area (Å²) in [6.45, 7) is 4.66. The molecule has 1 heterocycles. The second-order valence-corrected chi connectivity index (χ2v) is 5.97. The third-order valence-corrected chi connectivity index (χ3v) is 4.67. The van der Waals surface area contributed by atoms with Gasteiger partial charge in [0.05, 0.1) is 0 Å². The molecule has 1 nitrogen and oxygen atoms in total. The molecule has 1 heteroatoms. The van der Waals surface area contributed by atoms with Crippen molar-refractivity contribution in [2.45, 2.75) is 32.6 Å². The van der Waals surface area contributed by atoms with Gasteiger partial charge < -0.3 is 4.98 Å². The van der Waals surface area contributed by atoms with E-state index in [4.69, 9.17) is 0 Å². The van der Waals surface area contributed by atoms with E-state index in [-0.39, 0.29) is 0 Å². The number of aromatic nitrogens is 1. The quantitative estimate of drug-likeness (QED) is 0.630. The molecule has 0 spiro atoms. The molecule has 2 atom stereocenters. The highest BCUT2D eigenvalue weighted by atomic mass is 14.7. The van der Waals surface area contributed by atoms with Crippen molar-refractivity contribution in [3.05, 3.63) is 71.9 Å². The Bertz CT molecular complexity index is 696. The van der Waals surface area contributed by atoms with Crippen molar-refractivity contribution in [2.24, 2.45) is 5.92 Å². The Morgan fingerprint density at radius 1 is 0.952 bits per heavy atom. The average molecular weight is 277 g/mol. The van der Waals surface area contributed by atoms with Gasteiger partial charge in [-0.15, -0.1) is 0 Å². The summed E-state index contributed by atoms with van der Waals surface area (Å²) >= 11 is 0. The molecule has 21 heavy (non-hydrogen) atoms. The van der Waals surface area contributed by atoms with Crippen LogP contribution in [0.25, 0.3) is 10.9 Å². The minimum Gasteiger partial charge on any atom is -0.361 e. The fourth-order valence-electron chi connectivity index (χ4n) is 3.17. The molecule has 0 bridgehead atoms. The van der Waals surface area contributed by atoms with Gasteiger partial charge in [0, 0.05) is 17.1 Å². The van der Waals surface area contributed by atoms with E-state index in [1.54, 1.807) is 0 Å². The molecule has 0 aliphatic carbocycles. The summed E-state index contributed by atoms with van der Waals surface area (Å²) in [6.07, 6.45) is 4.49. The van der Waals surface area contributed by atoms with Gasteiger partial charge in [-0.3, -0.25) is 0 Å². The molecule has 0 aliphatic heterocycles. The van der Waals surface area contributed by atoms with Crippen molar-refractivity contribution >= 4 is 10.9 Å². The van der Waals surface area contributed by atoms with E-state index in [9.17, 15) is 0 Å². The third kappa shape index (κ3) is 2.87. The maximum absolute atomic E-state index is 3.40. The van der Waals surface area contributed by atoms with Crippen LogP contribution in [-0.2, 0) is 6.42 Å². The highest BCUT2D eigenvalue weighted by Crippen LogP contribution is 2.32. The zero-order valence-corrected chi connectivity index (χ0v) is 12.8. The first kappa shape index (κ1) is 13.9. The van der Waals surface area contributed by atoms with Crippen molar-refractivity contribution in [1.29, 1.82) is 0 Å². The smallest absolute Gasteiger partial charge is 0.0456 e. The largest absolute Gasteiger partial charge is 0.361 e. The molecule has 1 N–H and O–H groups in total. The molecular weight excluding hydrogens is 254 g/mol. The summed E-state index contributed by atoms with van der Waals surface area (Å²) in [5.41, 5.74) is 4.13. The van der Waals surface area contributed by atoms with Gasteiger partial charge in [-0.25, -0.2) is 0 Å². The molecule has 0 saturated heterocycles. The van der Waals surface area contributed by atoms with Crippen LogP contribution in [0.3, 0.4) is 0 Å². The molecule has 2 aromatic carbocycles. The van der Waals surface area contributed by atoms with E-state index in [0.29, 0.717) is 11.8 Å². The van der Waals surface area contributed by atoms with E-state index in [2.05, 4.69) is 79.6 Å². The van der Waals surface area contributed by atoms with Crippen LogP contribution in [0.15, 0.2) is 60.8 Å². The normalized spacial score (nSPS) is 14.2. The molecule has 0 radical (unpaired) electrons. The van der Waals surface area contributed by atoms with Crippen LogP contribution < -0.4 is 0 Å². The van der Waals surface area contributed by atoms with Crippen LogP contribution in [0.2, 0.25) is 0 Å². The number of nitrogens with one attached hydrogen (secondary N) is 1. The number of rotatable bonds is 5. The molecule has 1 aromatic heterocycles. The molecular formula is C20H23N. The predicted octanol–water partition coefficient (Wildman–Crippen LogP) is 5.54. The fourth-order valence-corrected chi connectivity index (χ4v) is 3.17. The highest BCUT2D eigenvalue weighted by molar-refractivity contribution is 5.83. The van der Waals surface area contributed by atoms with Crippen LogP contribution in [0.1, 0.15) is 37.3 Å². The van der Waals surface area contributed by atoms with Gasteiger partial charge in [-0.2, -0.15) is 0 Å². The number of benzene rings is 2. The molecule has 108 valence electrons. The summed E-state index contributed by atoms with van der Waals surface area (Å²) in [6, 6.07) is 19.5. The van der Waals surface area contributed by atoms with Gasteiger partial charge in [0.15, 0.2) is 0 Å². The summed E-state index contributed by atoms with van der Waals surface area (Å²) in [5, 5.41) is 1.36. The molecule has 3 rings (SSSR count). The van der Waals surface area contributed by atoms with Gasteiger partial charge in [0.2, 0.25) is 0 Å². The summed E-state index contributed by atoms with van der Waals surface area (Å²) in [7, 11) is 0. The zero-order valence-electron chi connectivity index (χ0n) is 12.8. The van der Waals surface area contributed by atoms with Crippen molar-refractivity contribution in [3.8, 4) is 0 Å². The Balaban J connectivity index is 1.95. The molecule has 2 unspecified atom stereocenters. The number of fused-ring (bicyclic) bond motifs is 1. The van der Waals surface area contributed by atoms with Gasteiger partial charge in [0.25, 0.3) is 0 Å². The lowest BCUT2D eigenvalue weighted by Gasteiger charge is -2.23. The topological polar surface area (TPSA) is 15.8 Å². The Kier molecular flexibility index (Phi) is 4.10. The highest BCUT2D eigenvalue weighted by Gasteiger charge is 2.19. The Labute approximate surface area is 127 Å². The molecule has 3 aromatic rings. The minimum absolute atomic E-state index is 0.579. The van der Waals surface area contributed by atoms with Crippen molar-refractivity contribution in [2.75, 3.05) is 0 Å². The minimum atomic E-state index is 0.579. The average Bonchev–Trinajstić information content (AvgIpc) is 2.96. The van der Waals surface area contributed by atoms with Crippen LogP contribution in [0, 0.1) is 5.92 Å². The van der Waals surface area contributed by atoms with Gasteiger partial charge >= 0.3 is 0 Å². The van der Waals surface area contributed by atoms with Crippen LogP contribution >= 0.6 is 0 Å². The lowest BCUT2D eigenvalue weighted by atomic mass is 9.81. The first-order chi connectivity index (χ1) is 10.3. The molecule has 0 amide bonds. The predicted molar refractivity (Wildman–Crippen MR) is 90.6 cm³/mol. The Hall–Kier alpha value is -2.02. The van der Waals surface area contributed by atoms with E-state index >= 15 is 0 Å². The van der Waals surface area contributed by atoms with Gasteiger partial charge in [0.1, 0.15) is 0 Å². The first-order valence-corrected chi connectivity index (χ1v) is 7.89. The number of hydrogen-bond donors (Lipinski definition) is 1. The van der Waals surface area contributed by atoms with Crippen LogP contribution in [0.4, 0.5) is 0 Å². The Morgan fingerprint density at radius 3 is 2.43 bits per heavy atom. The van der Waals surface area contributed by atoms with Crippen molar-refractivity contribution in [1.82, 2.24) is 4.98 Å². The second-order valence-electron chi connectivity index (χ2n) is 5.97. The van der Waals surface area contributed by atoms with E-state index in [1.807, 2.05) is 0 Å². The maximum Gasteiger partial charge on any atom is 0.0456 e.